The predicted octanol–water partition coefficient (Wildman–Crippen LogP) is 4.76. The Hall–Kier alpha value is -1.75. The number of amides is 2. The standard InChI is InChI=1S/C25H40N4O/c1-5-10-21-20-15-23-19(18-11-9-12-22(27-21)24(18)20)14-17(16-29(23)13-6-2)26-25(30)28(7-3)8-4/h9,11-12,17,19-21,23,27H,5-8,10,13-16H2,1-4H3,(H,26,30)/t17-,19+,20+,21?,23+/m0/s1. The molecule has 1 unspecified atom stereocenters. The molecule has 2 heterocycles. The third-order valence-corrected chi connectivity index (χ3v) is 7.65. The molecule has 1 aromatic rings. The molecule has 1 aliphatic carbocycles. The Morgan fingerprint density at radius 1 is 1.13 bits per heavy atom. The maximum Gasteiger partial charge on any atom is 0.317 e. The zero-order valence-corrected chi connectivity index (χ0v) is 19.3. The number of anilines is 1. The van der Waals surface area contributed by atoms with Crippen LogP contribution >= 0.6 is 0 Å². The van der Waals surface area contributed by atoms with Crippen LogP contribution < -0.4 is 10.6 Å². The van der Waals surface area contributed by atoms with Crippen LogP contribution in [0.5, 0.6) is 0 Å². The van der Waals surface area contributed by atoms with Gasteiger partial charge in [-0.3, -0.25) is 4.90 Å². The van der Waals surface area contributed by atoms with Crippen molar-refractivity contribution < 1.29 is 4.79 Å². The minimum absolute atomic E-state index is 0.0940. The monoisotopic (exact) mass is 412 g/mol. The zero-order valence-electron chi connectivity index (χ0n) is 19.3. The molecule has 2 amide bonds. The molecular weight excluding hydrogens is 372 g/mol. The van der Waals surface area contributed by atoms with Crippen molar-refractivity contribution in [1.82, 2.24) is 15.1 Å². The number of benzene rings is 1. The number of piperidine rings is 1. The fraction of sp³-hybridized carbons (Fsp3) is 0.720. The van der Waals surface area contributed by atoms with E-state index in [9.17, 15) is 4.79 Å². The van der Waals surface area contributed by atoms with Gasteiger partial charge in [0.2, 0.25) is 0 Å². The van der Waals surface area contributed by atoms with E-state index in [-0.39, 0.29) is 12.1 Å². The van der Waals surface area contributed by atoms with E-state index >= 15 is 0 Å². The van der Waals surface area contributed by atoms with E-state index in [0.29, 0.717) is 23.9 Å². The van der Waals surface area contributed by atoms with Gasteiger partial charge in [-0.2, -0.15) is 0 Å². The van der Waals surface area contributed by atoms with Gasteiger partial charge in [-0.1, -0.05) is 32.4 Å². The molecular formula is C25H40N4O. The van der Waals surface area contributed by atoms with Gasteiger partial charge >= 0.3 is 6.03 Å². The molecule has 5 nitrogen and oxygen atoms in total. The third kappa shape index (κ3) is 3.81. The predicted molar refractivity (Wildman–Crippen MR) is 124 cm³/mol. The first-order chi connectivity index (χ1) is 14.6. The van der Waals surface area contributed by atoms with Gasteiger partial charge in [0.15, 0.2) is 0 Å². The number of fused-ring (bicyclic) bond motifs is 2. The summed E-state index contributed by atoms with van der Waals surface area (Å²) in [6.07, 6.45) is 5.94. The molecule has 5 atom stereocenters. The lowest BCUT2D eigenvalue weighted by atomic mass is 9.68. The smallest absolute Gasteiger partial charge is 0.317 e. The van der Waals surface area contributed by atoms with Crippen LogP contribution in [0.25, 0.3) is 0 Å². The second-order valence-electron chi connectivity index (χ2n) is 9.41. The fourth-order valence-electron chi connectivity index (χ4n) is 6.36. The van der Waals surface area contributed by atoms with Gasteiger partial charge in [0.25, 0.3) is 0 Å². The van der Waals surface area contributed by atoms with Gasteiger partial charge in [0.1, 0.15) is 0 Å². The van der Waals surface area contributed by atoms with Crippen LogP contribution in [0, 0.1) is 0 Å². The lowest BCUT2D eigenvalue weighted by molar-refractivity contribution is 0.0811. The molecule has 0 bridgehead atoms. The molecule has 0 spiro atoms. The Bertz CT molecular complexity index is 747. The Balaban J connectivity index is 1.61. The first-order valence-corrected chi connectivity index (χ1v) is 12.3. The van der Waals surface area contributed by atoms with Crippen molar-refractivity contribution in [3.05, 3.63) is 29.3 Å². The summed E-state index contributed by atoms with van der Waals surface area (Å²) in [7, 11) is 0. The van der Waals surface area contributed by atoms with Crippen LogP contribution in [-0.4, -0.2) is 60.1 Å². The maximum absolute atomic E-state index is 12.8. The van der Waals surface area contributed by atoms with Crippen LogP contribution in [0.3, 0.4) is 0 Å². The van der Waals surface area contributed by atoms with E-state index in [1.54, 1.807) is 11.1 Å². The molecule has 2 N–H and O–H groups in total. The summed E-state index contributed by atoms with van der Waals surface area (Å²) in [6, 6.07) is 8.37. The number of nitrogens with zero attached hydrogens (tertiary/aromatic N) is 2. The first-order valence-electron chi connectivity index (χ1n) is 12.3. The average Bonchev–Trinajstić information content (AvgIpc) is 3.09. The van der Waals surface area contributed by atoms with Crippen molar-refractivity contribution in [3.8, 4) is 0 Å². The van der Waals surface area contributed by atoms with Crippen LogP contribution in [0.15, 0.2) is 18.2 Å². The van der Waals surface area contributed by atoms with Gasteiger partial charge in [-0.15, -0.1) is 0 Å². The summed E-state index contributed by atoms with van der Waals surface area (Å²) in [6.45, 7) is 12.3. The molecule has 5 heteroatoms. The van der Waals surface area contributed by atoms with Crippen molar-refractivity contribution in [2.24, 2.45) is 0 Å². The Kier molecular flexibility index (Phi) is 6.57. The summed E-state index contributed by atoms with van der Waals surface area (Å²) in [5.74, 6) is 1.15. The van der Waals surface area contributed by atoms with Crippen molar-refractivity contribution in [2.75, 3.05) is 31.5 Å². The summed E-state index contributed by atoms with van der Waals surface area (Å²) in [5.41, 5.74) is 4.50. The van der Waals surface area contributed by atoms with Crippen molar-refractivity contribution in [1.29, 1.82) is 0 Å². The molecule has 0 aromatic heterocycles. The zero-order chi connectivity index (χ0) is 21.3. The van der Waals surface area contributed by atoms with Crippen LogP contribution in [0.1, 0.15) is 82.8 Å². The van der Waals surface area contributed by atoms with E-state index in [1.165, 1.54) is 24.9 Å². The highest BCUT2D eigenvalue weighted by Gasteiger charge is 2.47. The van der Waals surface area contributed by atoms with Crippen molar-refractivity contribution in [3.63, 3.8) is 0 Å². The van der Waals surface area contributed by atoms with E-state index in [2.05, 4.69) is 61.4 Å². The molecule has 0 radical (unpaired) electrons. The molecule has 0 saturated carbocycles. The van der Waals surface area contributed by atoms with E-state index in [4.69, 9.17) is 0 Å². The second kappa shape index (κ2) is 9.17. The van der Waals surface area contributed by atoms with Crippen molar-refractivity contribution >= 4 is 11.7 Å². The number of carbonyl (C=O) groups is 1. The second-order valence-corrected chi connectivity index (χ2v) is 9.41. The molecule has 3 aliphatic rings. The molecule has 4 rings (SSSR count). The number of rotatable bonds is 7. The van der Waals surface area contributed by atoms with Gasteiger partial charge in [-0.25, -0.2) is 4.79 Å². The molecule has 30 heavy (non-hydrogen) atoms. The number of urea groups is 1. The SMILES string of the molecule is CCCC1Nc2cccc3c2[C@@H]1C[C@@H]1[C@@H]3C[C@H](NC(=O)N(CC)CC)CN1CCC. The number of carbonyl (C=O) groups excluding carboxylic acids is 1. The minimum Gasteiger partial charge on any atom is -0.381 e. The van der Waals surface area contributed by atoms with Crippen molar-refractivity contribution in [2.45, 2.75) is 89.8 Å². The van der Waals surface area contributed by atoms with Gasteiger partial charge < -0.3 is 15.5 Å². The Morgan fingerprint density at radius 3 is 2.63 bits per heavy atom. The quantitative estimate of drug-likeness (QED) is 0.679. The molecule has 1 fully saturated rings. The third-order valence-electron chi connectivity index (χ3n) is 7.65. The van der Waals surface area contributed by atoms with Crippen LogP contribution in [0.4, 0.5) is 10.5 Å². The lowest BCUT2D eigenvalue weighted by Crippen LogP contribution is -2.58. The van der Waals surface area contributed by atoms with Crippen LogP contribution in [-0.2, 0) is 0 Å². The van der Waals surface area contributed by atoms with Gasteiger partial charge in [-0.05, 0) is 63.3 Å². The van der Waals surface area contributed by atoms with Crippen LogP contribution in [0.2, 0.25) is 0 Å². The van der Waals surface area contributed by atoms with Gasteiger partial charge in [0, 0.05) is 55.3 Å². The fourth-order valence-corrected chi connectivity index (χ4v) is 6.36. The minimum atomic E-state index is 0.0940. The normalized spacial score (nSPS) is 29.7. The highest BCUT2D eigenvalue weighted by atomic mass is 16.2. The van der Waals surface area contributed by atoms with E-state index in [0.717, 1.165) is 39.0 Å². The molecule has 166 valence electrons. The summed E-state index contributed by atoms with van der Waals surface area (Å²) >= 11 is 0. The largest absolute Gasteiger partial charge is 0.381 e. The average molecular weight is 413 g/mol. The topological polar surface area (TPSA) is 47.6 Å². The van der Waals surface area contributed by atoms with E-state index < -0.39 is 0 Å². The van der Waals surface area contributed by atoms with E-state index in [1.807, 2.05) is 4.90 Å². The number of nitrogens with one attached hydrogen (secondary N) is 2. The highest BCUT2D eigenvalue weighted by molar-refractivity contribution is 5.74. The first kappa shape index (κ1) is 21.5. The Labute approximate surface area is 182 Å². The summed E-state index contributed by atoms with van der Waals surface area (Å²) in [4.78, 5) is 17.3. The molecule has 2 aliphatic heterocycles. The van der Waals surface area contributed by atoms with Gasteiger partial charge in [0.05, 0.1) is 0 Å². The maximum atomic E-state index is 12.8. The lowest BCUT2D eigenvalue weighted by Gasteiger charge is -2.49. The highest BCUT2D eigenvalue weighted by Crippen LogP contribution is 2.52. The molecule has 1 aromatic carbocycles. The summed E-state index contributed by atoms with van der Waals surface area (Å²) < 4.78 is 0. The summed E-state index contributed by atoms with van der Waals surface area (Å²) in [5, 5.41) is 7.23. The number of likely N-dealkylation sites (tertiary alicyclic amines) is 1. The Morgan fingerprint density at radius 2 is 1.93 bits per heavy atom. The number of hydrogen-bond donors (Lipinski definition) is 2. The molecule has 1 saturated heterocycles. The number of hydrogen-bond acceptors (Lipinski definition) is 3.